The van der Waals surface area contributed by atoms with Gasteiger partial charge < -0.3 is 15.0 Å². The Balaban J connectivity index is 2.67. The van der Waals surface area contributed by atoms with E-state index in [1.54, 1.807) is 6.07 Å². The maximum atomic E-state index is 13.4. The molecule has 86 valence electrons. The van der Waals surface area contributed by atoms with Gasteiger partial charge in [0.2, 0.25) is 5.95 Å². The minimum Gasteiger partial charge on any atom is -0.494 e. The third-order valence-corrected chi connectivity index (χ3v) is 2.50. The molecular formula is C11H14FN3O. The number of halogens is 1. The minimum absolute atomic E-state index is 0.213. The number of fused-ring (bicyclic) bond motifs is 1. The topological polar surface area (TPSA) is 53.1 Å². The summed E-state index contributed by atoms with van der Waals surface area (Å²) in [6.45, 7) is 2.81. The lowest BCUT2D eigenvalue weighted by atomic mass is 10.3. The van der Waals surface area contributed by atoms with Crippen molar-refractivity contribution in [3.05, 3.63) is 17.9 Å². The van der Waals surface area contributed by atoms with Crippen LogP contribution in [-0.4, -0.2) is 16.7 Å². The first kappa shape index (κ1) is 10.7. The highest BCUT2D eigenvalue weighted by atomic mass is 19.1. The van der Waals surface area contributed by atoms with Gasteiger partial charge in [-0.25, -0.2) is 9.37 Å². The van der Waals surface area contributed by atoms with Crippen LogP contribution in [-0.2, 0) is 6.54 Å². The number of nitrogens with zero attached hydrogens (tertiary/aromatic N) is 2. The molecule has 0 aliphatic carbocycles. The van der Waals surface area contributed by atoms with Crippen LogP contribution in [0.25, 0.3) is 11.0 Å². The Morgan fingerprint density at radius 1 is 1.50 bits per heavy atom. The summed E-state index contributed by atoms with van der Waals surface area (Å²) in [6, 6.07) is 2.97. The molecule has 0 radical (unpaired) electrons. The predicted octanol–water partition coefficient (Wildman–Crippen LogP) is 2.18. The normalized spacial score (nSPS) is 10.9. The number of hydrogen-bond donors (Lipinski definition) is 1. The van der Waals surface area contributed by atoms with Crippen molar-refractivity contribution in [1.82, 2.24) is 9.55 Å². The SMILES string of the molecule is CCCn1c(N)nc2cc(F)c(OC)cc21. The Labute approximate surface area is 92.8 Å². The van der Waals surface area contributed by atoms with Crippen molar-refractivity contribution in [2.45, 2.75) is 19.9 Å². The summed E-state index contributed by atoms with van der Waals surface area (Å²) in [6.07, 6.45) is 0.940. The van der Waals surface area contributed by atoms with Crippen LogP contribution in [0.5, 0.6) is 5.75 Å². The van der Waals surface area contributed by atoms with Crippen molar-refractivity contribution >= 4 is 17.0 Å². The molecule has 1 aromatic heterocycles. The summed E-state index contributed by atoms with van der Waals surface area (Å²) in [7, 11) is 1.44. The molecule has 0 fully saturated rings. The molecule has 0 atom stereocenters. The molecule has 0 aliphatic rings. The second-order valence-corrected chi connectivity index (χ2v) is 3.60. The van der Waals surface area contributed by atoms with E-state index in [-0.39, 0.29) is 5.75 Å². The van der Waals surface area contributed by atoms with Gasteiger partial charge in [0.05, 0.1) is 18.1 Å². The summed E-state index contributed by atoms with van der Waals surface area (Å²) in [5, 5.41) is 0. The maximum Gasteiger partial charge on any atom is 0.201 e. The van der Waals surface area contributed by atoms with E-state index in [4.69, 9.17) is 10.5 Å². The monoisotopic (exact) mass is 223 g/mol. The molecule has 0 aliphatic heterocycles. The number of aromatic nitrogens is 2. The van der Waals surface area contributed by atoms with E-state index in [2.05, 4.69) is 4.98 Å². The Morgan fingerprint density at radius 2 is 2.25 bits per heavy atom. The average Bonchev–Trinajstić information content (AvgIpc) is 2.54. The molecule has 0 unspecified atom stereocenters. The number of nitrogens with two attached hydrogens (primary N) is 1. The lowest BCUT2D eigenvalue weighted by Gasteiger charge is -2.05. The van der Waals surface area contributed by atoms with Crippen molar-refractivity contribution < 1.29 is 9.13 Å². The molecule has 2 N–H and O–H groups in total. The van der Waals surface area contributed by atoms with Gasteiger partial charge in [0.1, 0.15) is 0 Å². The molecule has 0 amide bonds. The van der Waals surface area contributed by atoms with Gasteiger partial charge in [-0.2, -0.15) is 0 Å². The van der Waals surface area contributed by atoms with Crippen molar-refractivity contribution in [1.29, 1.82) is 0 Å². The zero-order valence-electron chi connectivity index (χ0n) is 9.33. The van der Waals surface area contributed by atoms with Crippen molar-refractivity contribution in [2.24, 2.45) is 0 Å². The van der Waals surface area contributed by atoms with Crippen LogP contribution in [0.4, 0.5) is 10.3 Å². The molecule has 0 saturated heterocycles. The summed E-state index contributed by atoms with van der Waals surface area (Å²) in [5.74, 6) is 0.199. The van der Waals surface area contributed by atoms with E-state index in [1.165, 1.54) is 13.2 Å². The molecule has 2 rings (SSSR count). The Kier molecular flexibility index (Phi) is 2.68. The first-order valence-corrected chi connectivity index (χ1v) is 5.16. The number of nitrogen functional groups attached to an aromatic ring is 1. The fourth-order valence-corrected chi connectivity index (χ4v) is 1.76. The third-order valence-electron chi connectivity index (χ3n) is 2.50. The van der Waals surface area contributed by atoms with Gasteiger partial charge >= 0.3 is 0 Å². The first-order chi connectivity index (χ1) is 7.67. The largest absolute Gasteiger partial charge is 0.494 e. The fourth-order valence-electron chi connectivity index (χ4n) is 1.76. The first-order valence-electron chi connectivity index (χ1n) is 5.16. The van der Waals surface area contributed by atoms with E-state index in [1.807, 2.05) is 11.5 Å². The fraction of sp³-hybridized carbons (Fsp3) is 0.364. The van der Waals surface area contributed by atoms with Gasteiger partial charge in [-0.1, -0.05) is 6.92 Å². The predicted molar refractivity (Wildman–Crippen MR) is 60.9 cm³/mol. The Bertz CT molecular complexity index is 521. The molecule has 0 saturated carbocycles. The lowest BCUT2D eigenvalue weighted by molar-refractivity contribution is 0.387. The zero-order chi connectivity index (χ0) is 11.7. The van der Waals surface area contributed by atoms with Crippen LogP contribution in [0.1, 0.15) is 13.3 Å². The zero-order valence-corrected chi connectivity index (χ0v) is 9.33. The van der Waals surface area contributed by atoms with E-state index in [0.29, 0.717) is 11.5 Å². The van der Waals surface area contributed by atoms with Gasteiger partial charge in [-0.3, -0.25) is 0 Å². The highest BCUT2D eigenvalue weighted by molar-refractivity contribution is 5.80. The standard InChI is InChI=1S/C11H14FN3O/c1-3-4-15-9-6-10(16-2)7(12)5-8(9)14-11(15)13/h5-6H,3-4H2,1-2H3,(H2,13,14). The van der Waals surface area contributed by atoms with Gasteiger partial charge in [0.15, 0.2) is 11.6 Å². The number of aryl methyl sites for hydroxylation is 1. The number of imidazole rings is 1. The highest BCUT2D eigenvalue weighted by Gasteiger charge is 2.12. The van der Waals surface area contributed by atoms with Crippen LogP contribution in [0, 0.1) is 5.82 Å². The van der Waals surface area contributed by atoms with Gasteiger partial charge in [-0.15, -0.1) is 0 Å². The second-order valence-electron chi connectivity index (χ2n) is 3.60. The number of benzene rings is 1. The quantitative estimate of drug-likeness (QED) is 0.867. The van der Waals surface area contributed by atoms with Crippen LogP contribution in [0.15, 0.2) is 12.1 Å². The summed E-state index contributed by atoms with van der Waals surface area (Å²) in [4.78, 5) is 4.11. The van der Waals surface area contributed by atoms with Crippen molar-refractivity contribution in [2.75, 3.05) is 12.8 Å². The van der Waals surface area contributed by atoms with Crippen LogP contribution >= 0.6 is 0 Å². The van der Waals surface area contributed by atoms with Gasteiger partial charge in [0.25, 0.3) is 0 Å². The molecular weight excluding hydrogens is 209 g/mol. The molecule has 0 bridgehead atoms. The van der Waals surface area contributed by atoms with Crippen LogP contribution in [0.2, 0.25) is 0 Å². The molecule has 1 aromatic carbocycles. The Hall–Kier alpha value is -1.78. The summed E-state index contributed by atoms with van der Waals surface area (Å²) >= 11 is 0. The summed E-state index contributed by atoms with van der Waals surface area (Å²) < 4.78 is 20.2. The molecule has 4 nitrogen and oxygen atoms in total. The molecule has 2 aromatic rings. The molecule has 16 heavy (non-hydrogen) atoms. The maximum absolute atomic E-state index is 13.4. The average molecular weight is 223 g/mol. The third kappa shape index (κ3) is 1.58. The molecule has 5 heteroatoms. The van der Waals surface area contributed by atoms with E-state index < -0.39 is 5.82 Å². The van der Waals surface area contributed by atoms with Crippen LogP contribution in [0.3, 0.4) is 0 Å². The van der Waals surface area contributed by atoms with Gasteiger partial charge in [-0.05, 0) is 6.42 Å². The van der Waals surface area contributed by atoms with E-state index in [9.17, 15) is 4.39 Å². The minimum atomic E-state index is -0.420. The van der Waals surface area contributed by atoms with Gasteiger partial charge in [0, 0.05) is 18.7 Å². The number of anilines is 1. The second kappa shape index (κ2) is 4.00. The van der Waals surface area contributed by atoms with E-state index in [0.717, 1.165) is 18.5 Å². The van der Waals surface area contributed by atoms with Crippen molar-refractivity contribution in [3.8, 4) is 5.75 Å². The van der Waals surface area contributed by atoms with Crippen LogP contribution < -0.4 is 10.5 Å². The number of rotatable bonds is 3. The smallest absolute Gasteiger partial charge is 0.201 e. The highest BCUT2D eigenvalue weighted by Crippen LogP contribution is 2.26. The number of ether oxygens (including phenoxy) is 1. The number of hydrogen-bond acceptors (Lipinski definition) is 3. The summed E-state index contributed by atoms with van der Waals surface area (Å²) in [5.41, 5.74) is 7.13. The molecule has 1 heterocycles. The Morgan fingerprint density at radius 3 is 2.88 bits per heavy atom. The molecule has 0 spiro atoms. The van der Waals surface area contributed by atoms with E-state index >= 15 is 0 Å². The lowest BCUT2D eigenvalue weighted by Crippen LogP contribution is -2.02. The number of methoxy groups -OCH3 is 1. The van der Waals surface area contributed by atoms with Crippen molar-refractivity contribution in [3.63, 3.8) is 0 Å².